The number of hydrogen-bond donors (Lipinski definition) is 1. The Morgan fingerprint density at radius 3 is 2.84 bits per heavy atom. The molecule has 130 valence electrons. The lowest BCUT2D eigenvalue weighted by Gasteiger charge is -2.05. The number of carbonyl (C=O) groups excluding carboxylic acids is 1. The van der Waals surface area contributed by atoms with Crippen LogP contribution >= 0.6 is 0 Å². The van der Waals surface area contributed by atoms with Gasteiger partial charge in [-0.05, 0) is 29.7 Å². The van der Waals surface area contributed by atoms with Gasteiger partial charge in [-0.15, -0.1) is 0 Å². The molecule has 0 spiro atoms. The average molecular weight is 339 g/mol. The van der Waals surface area contributed by atoms with Gasteiger partial charge in [0.25, 0.3) is 0 Å². The van der Waals surface area contributed by atoms with Gasteiger partial charge in [0.2, 0.25) is 5.91 Å². The minimum atomic E-state index is -0.0372. The van der Waals surface area contributed by atoms with E-state index in [0.29, 0.717) is 25.1 Å². The van der Waals surface area contributed by atoms with Crippen molar-refractivity contribution in [3.8, 4) is 5.75 Å². The predicted octanol–water partition coefficient (Wildman–Crippen LogP) is 2.24. The van der Waals surface area contributed by atoms with E-state index in [-0.39, 0.29) is 5.91 Å². The molecule has 0 bridgehead atoms. The van der Waals surface area contributed by atoms with E-state index in [0.717, 1.165) is 16.9 Å². The fraction of sp³-hybridized carbons (Fsp3) is 0.278. The van der Waals surface area contributed by atoms with Crippen molar-refractivity contribution in [2.45, 2.75) is 19.4 Å². The summed E-state index contributed by atoms with van der Waals surface area (Å²) < 4.78 is 8.74. The maximum absolute atomic E-state index is 12.1. The smallest absolute Gasteiger partial charge is 0.224 e. The Labute approximate surface area is 146 Å². The second kappa shape index (κ2) is 7.65. The predicted molar refractivity (Wildman–Crippen MR) is 94.5 cm³/mol. The largest absolute Gasteiger partial charge is 0.497 e. The van der Waals surface area contributed by atoms with E-state index >= 15 is 0 Å². The van der Waals surface area contributed by atoms with Crippen LogP contribution in [-0.4, -0.2) is 32.6 Å². The summed E-state index contributed by atoms with van der Waals surface area (Å²) in [4.78, 5) is 12.1. The van der Waals surface area contributed by atoms with Crippen LogP contribution < -0.4 is 10.1 Å². The number of anilines is 1. The van der Waals surface area contributed by atoms with Crippen LogP contribution in [0, 0.1) is 0 Å². The lowest BCUT2D eigenvalue weighted by molar-refractivity contribution is -0.116. The third-order valence-electron chi connectivity index (χ3n) is 3.79. The molecular formula is C18H21N5O2. The molecule has 0 atom stereocenters. The normalized spacial score (nSPS) is 10.6. The van der Waals surface area contributed by atoms with Gasteiger partial charge in [-0.2, -0.15) is 10.2 Å². The molecule has 3 aromatic rings. The molecule has 1 aromatic carbocycles. The molecule has 2 heterocycles. The van der Waals surface area contributed by atoms with E-state index in [1.54, 1.807) is 28.9 Å². The van der Waals surface area contributed by atoms with Gasteiger partial charge >= 0.3 is 0 Å². The van der Waals surface area contributed by atoms with Crippen molar-refractivity contribution in [2.75, 3.05) is 12.4 Å². The van der Waals surface area contributed by atoms with Gasteiger partial charge < -0.3 is 10.1 Å². The summed E-state index contributed by atoms with van der Waals surface area (Å²) in [7, 11) is 3.51. The molecule has 7 heteroatoms. The molecule has 2 aromatic heterocycles. The zero-order valence-electron chi connectivity index (χ0n) is 14.3. The summed E-state index contributed by atoms with van der Waals surface area (Å²) in [6.07, 6.45) is 8.24. The Morgan fingerprint density at radius 1 is 1.20 bits per heavy atom. The third-order valence-corrected chi connectivity index (χ3v) is 3.79. The molecule has 0 saturated heterocycles. The summed E-state index contributed by atoms with van der Waals surface area (Å²) in [6.45, 7) is 0.614. The Bertz CT molecular complexity index is 853. The van der Waals surface area contributed by atoms with Gasteiger partial charge in [0.05, 0.1) is 31.7 Å². The molecular weight excluding hydrogens is 318 g/mol. The zero-order chi connectivity index (χ0) is 17.6. The molecule has 1 amide bonds. The minimum absolute atomic E-state index is 0.0372. The second-order valence-electron chi connectivity index (χ2n) is 5.85. The van der Waals surface area contributed by atoms with E-state index in [9.17, 15) is 4.79 Å². The maximum Gasteiger partial charge on any atom is 0.224 e. The van der Waals surface area contributed by atoms with Gasteiger partial charge in [0.15, 0.2) is 0 Å². The topological polar surface area (TPSA) is 74.0 Å². The Balaban J connectivity index is 1.53. The van der Waals surface area contributed by atoms with Crippen LogP contribution in [0.3, 0.4) is 0 Å². The Hall–Kier alpha value is -3.09. The fourth-order valence-corrected chi connectivity index (χ4v) is 2.55. The van der Waals surface area contributed by atoms with Crippen molar-refractivity contribution in [2.24, 2.45) is 7.05 Å². The van der Waals surface area contributed by atoms with E-state index < -0.39 is 0 Å². The van der Waals surface area contributed by atoms with E-state index in [1.165, 1.54) is 0 Å². The molecule has 0 aliphatic heterocycles. The summed E-state index contributed by atoms with van der Waals surface area (Å²) in [6, 6.07) is 7.82. The molecule has 7 nitrogen and oxygen atoms in total. The average Bonchev–Trinajstić information content (AvgIpc) is 3.22. The summed E-state index contributed by atoms with van der Waals surface area (Å²) in [5.41, 5.74) is 2.82. The van der Waals surface area contributed by atoms with Crippen molar-refractivity contribution in [3.05, 3.63) is 60.2 Å². The van der Waals surface area contributed by atoms with E-state index in [1.807, 2.05) is 43.7 Å². The number of rotatable bonds is 7. The van der Waals surface area contributed by atoms with Gasteiger partial charge in [-0.3, -0.25) is 14.2 Å². The number of aryl methyl sites for hydroxylation is 2. The Morgan fingerprint density at radius 2 is 2.08 bits per heavy atom. The van der Waals surface area contributed by atoms with Crippen molar-refractivity contribution < 1.29 is 9.53 Å². The first-order valence-electron chi connectivity index (χ1n) is 8.05. The number of carbonyl (C=O) groups is 1. The molecule has 0 aliphatic rings. The number of ether oxygens (including phenoxy) is 1. The number of aromatic nitrogens is 4. The van der Waals surface area contributed by atoms with Gasteiger partial charge in [-0.25, -0.2) is 0 Å². The monoisotopic (exact) mass is 339 g/mol. The number of hydrogen-bond acceptors (Lipinski definition) is 4. The number of benzene rings is 1. The van der Waals surface area contributed by atoms with Gasteiger partial charge in [0.1, 0.15) is 5.75 Å². The SMILES string of the molecule is COc1cccc(Cn2cc(NC(=O)CCc3cnn(C)c3)cn2)c1. The van der Waals surface area contributed by atoms with Crippen LogP contribution in [0.15, 0.2) is 49.1 Å². The van der Waals surface area contributed by atoms with Crippen molar-refractivity contribution in [1.29, 1.82) is 0 Å². The van der Waals surface area contributed by atoms with Gasteiger partial charge in [-0.1, -0.05) is 12.1 Å². The molecule has 0 fully saturated rings. The van der Waals surface area contributed by atoms with E-state index in [4.69, 9.17) is 4.74 Å². The highest BCUT2D eigenvalue weighted by molar-refractivity contribution is 5.90. The second-order valence-corrected chi connectivity index (χ2v) is 5.85. The molecule has 0 radical (unpaired) electrons. The number of nitrogens with one attached hydrogen (secondary N) is 1. The first kappa shape index (κ1) is 16.8. The third kappa shape index (κ3) is 4.69. The first-order chi connectivity index (χ1) is 12.1. The minimum Gasteiger partial charge on any atom is -0.497 e. The Kier molecular flexibility index (Phi) is 5.13. The van der Waals surface area contributed by atoms with Crippen molar-refractivity contribution in [1.82, 2.24) is 19.6 Å². The van der Waals surface area contributed by atoms with Crippen molar-refractivity contribution >= 4 is 11.6 Å². The highest BCUT2D eigenvalue weighted by Crippen LogP contribution is 2.14. The lowest BCUT2D eigenvalue weighted by Crippen LogP contribution is -2.11. The molecule has 25 heavy (non-hydrogen) atoms. The van der Waals surface area contributed by atoms with Crippen LogP contribution in [0.5, 0.6) is 5.75 Å². The number of nitrogens with zero attached hydrogens (tertiary/aromatic N) is 4. The van der Waals surface area contributed by atoms with Crippen LogP contribution in [0.4, 0.5) is 5.69 Å². The molecule has 0 aliphatic carbocycles. The highest BCUT2D eigenvalue weighted by atomic mass is 16.5. The molecule has 3 rings (SSSR count). The highest BCUT2D eigenvalue weighted by Gasteiger charge is 2.07. The summed E-state index contributed by atoms with van der Waals surface area (Å²) in [5.74, 6) is 0.776. The van der Waals surface area contributed by atoms with Crippen LogP contribution in [0.1, 0.15) is 17.5 Å². The fourth-order valence-electron chi connectivity index (χ4n) is 2.55. The van der Waals surface area contributed by atoms with Crippen LogP contribution in [-0.2, 0) is 24.8 Å². The van der Waals surface area contributed by atoms with Crippen LogP contribution in [0.2, 0.25) is 0 Å². The standard InChI is InChI=1S/C18H21N5O2/c1-22-11-15(9-19-22)6-7-18(24)21-16-10-20-23(13-16)12-14-4-3-5-17(8-14)25-2/h3-5,8-11,13H,6-7,12H2,1-2H3,(H,21,24). The molecule has 1 N–H and O–H groups in total. The van der Waals surface area contributed by atoms with E-state index in [2.05, 4.69) is 15.5 Å². The van der Waals surface area contributed by atoms with Crippen molar-refractivity contribution in [3.63, 3.8) is 0 Å². The number of amides is 1. The first-order valence-corrected chi connectivity index (χ1v) is 8.05. The summed E-state index contributed by atoms with van der Waals surface area (Å²) >= 11 is 0. The lowest BCUT2D eigenvalue weighted by atomic mass is 10.2. The molecule has 0 unspecified atom stereocenters. The molecule has 0 saturated carbocycles. The zero-order valence-corrected chi connectivity index (χ0v) is 14.3. The van der Waals surface area contributed by atoms with Crippen LogP contribution in [0.25, 0.3) is 0 Å². The van der Waals surface area contributed by atoms with Gasteiger partial charge in [0, 0.05) is 25.9 Å². The maximum atomic E-state index is 12.1. The summed E-state index contributed by atoms with van der Waals surface area (Å²) in [5, 5.41) is 11.3. The number of methoxy groups -OCH3 is 1. The quantitative estimate of drug-likeness (QED) is 0.716.